The lowest BCUT2D eigenvalue weighted by Crippen LogP contribution is -2.45. The molecule has 7 heteroatoms. The van der Waals surface area contributed by atoms with Gasteiger partial charge in [0.1, 0.15) is 6.54 Å². The van der Waals surface area contributed by atoms with Crippen molar-refractivity contribution in [3.8, 4) is 0 Å². The number of carbonyl (C=O) groups is 3. The molecule has 102 valence electrons. The number of likely N-dealkylation sites (N-methyl/N-ethyl adjacent to an activating group) is 2. The monoisotopic (exact) mass is 257 g/mol. The zero-order valence-corrected chi connectivity index (χ0v) is 10.9. The van der Waals surface area contributed by atoms with Gasteiger partial charge in [-0.3, -0.25) is 9.59 Å². The van der Waals surface area contributed by atoms with Crippen molar-refractivity contribution in [2.24, 2.45) is 5.41 Å². The zero-order valence-electron chi connectivity index (χ0n) is 10.9. The van der Waals surface area contributed by atoms with Crippen LogP contribution in [0, 0.1) is 5.41 Å². The molecule has 1 aliphatic heterocycles. The molecule has 1 unspecified atom stereocenters. The number of urea groups is 1. The van der Waals surface area contributed by atoms with Gasteiger partial charge in [-0.15, -0.1) is 0 Å². The minimum atomic E-state index is -0.897. The molecular weight excluding hydrogens is 238 g/mol. The molecule has 0 aromatic heterocycles. The summed E-state index contributed by atoms with van der Waals surface area (Å²) in [6.07, 6.45) is 0.432. The van der Waals surface area contributed by atoms with Gasteiger partial charge in [-0.25, -0.2) is 4.79 Å². The lowest BCUT2D eigenvalue weighted by molar-refractivity contribution is -0.147. The average molecular weight is 257 g/mol. The lowest BCUT2D eigenvalue weighted by atomic mass is 9.90. The summed E-state index contributed by atoms with van der Waals surface area (Å²) < 4.78 is 0. The third-order valence-electron chi connectivity index (χ3n) is 3.25. The maximum Gasteiger partial charge on any atom is 0.320 e. The standard InChI is InChI=1S/C11H19N3O4/c1-11(9(16)17)4-5-14(7-11)10(18)13(3)6-8(15)12-2/h4-7H2,1-3H3,(H,12,15)(H,16,17). The molecule has 1 atom stereocenters. The Morgan fingerprint density at radius 3 is 2.50 bits per heavy atom. The summed E-state index contributed by atoms with van der Waals surface area (Å²) in [5.74, 6) is -1.15. The Morgan fingerprint density at radius 2 is 2.06 bits per heavy atom. The quantitative estimate of drug-likeness (QED) is 0.718. The van der Waals surface area contributed by atoms with E-state index >= 15 is 0 Å². The van der Waals surface area contributed by atoms with Gasteiger partial charge in [-0.1, -0.05) is 0 Å². The van der Waals surface area contributed by atoms with Crippen LogP contribution in [0.4, 0.5) is 4.79 Å². The lowest BCUT2D eigenvalue weighted by Gasteiger charge is -2.25. The average Bonchev–Trinajstić information content (AvgIpc) is 2.72. The fourth-order valence-corrected chi connectivity index (χ4v) is 1.90. The summed E-state index contributed by atoms with van der Waals surface area (Å²) in [5.41, 5.74) is -0.885. The SMILES string of the molecule is CNC(=O)CN(C)C(=O)N1CCC(C)(C(=O)O)C1. The number of carboxylic acid groups (broad SMARTS) is 1. The summed E-state index contributed by atoms with van der Waals surface area (Å²) in [7, 11) is 3.02. The van der Waals surface area contributed by atoms with E-state index in [0.29, 0.717) is 13.0 Å². The predicted molar refractivity (Wildman–Crippen MR) is 64.0 cm³/mol. The Bertz CT molecular complexity index is 371. The predicted octanol–water partition coefficient (Wildman–Crippen LogP) is -0.419. The topological polar surface area (TPSA) is 90.0 Å². The second kappa shape index (κ2) is 5.24. The normalized spacial score (nSPS) is 22.7. The van der Waals surface area contributed by atoms with E-state index < -0.39 is 11.4 Å². The fourth-order valence-electron chi connectivity index (χ4n) is 1.90. The first-order chi connectivity index (χ1) is 8.30. The number of likely N-dealkylation sites (tertiary alicyclic amines) is 1. The molecule has 0 bridgehead atoms. The van der Waals surface area contributed by atoms with Crippen LogP contribution < -0.4 is 5.32 Å². The van der Waals surface area contributed by atoms with Crippen LogP contribution in [0.15, 0.2) is 0 Å². The van der Waals surface area contributed by atoms with Crippen LogP contribution in [0.2, 0.25) is 0 Å². The van der Waals surface area contributed by atoms with E-state index in [1.54, 1.807) is 6.92 Å². The van der Waals surface area contributed by atoms with Gasteiger partial charge in [0.25, 0.3) is 0 Å². The van der Waals surface area contributed by atoms with Gasteiger partial charge in [0.05, 0.1) is 5.41 Å². The molecule has 1 rings (SSSR count). The highest BCUT2D eigenvalue weighted by atomic mass is 16.4. The number of hydrogen-bond donors (Lipinski definition) is 2. The van der Waals surface area contributed by atoms with Gasteiger partial charge in [0.2, 0.25) is 5.91 Å². The summed E-state index contributed by atoms with van der Waals surface area (Å²) in [4.78, 5) is 37.0. The highest BCUT2D eigenvalue weighted by Crippen LogP contribution is 2.30. The van der Waals surface area contributed by atoms with Crippen LogP contribution in [0.3, 0.4) is 0 Å². The van der Waals surface area contributed by atoms with Crippen molar-refractivity contribution in [3.05, 3.63) is 0 Å². The Balaban J connectivity index is 2.59. The first-order valence-electron chi connectivity index (χ1n) is 5.74. The Kier molecular flexibility index (Phi) is 4.15. The van der Waals surface area contributed by atoms with Crippen LogP contribution in [0.1, 0.15) is 13.3 Å². The minimum absolute atomic E-state index is 0.0321. The number of aliphatic carboxylic acids is 1. The molecule has 2 N–H and O–H groups in total. The second-order valence-electron chi connectivity index (χ2n) is 4.85. The van der Waals surface area contributed by atoms with Gasteiger partial charge in [-0.05, 0) is 13.3 Å². The van der Waals surface area contributed by atoms with Crippen molar-refractivity contribution in [2.45, 2.75) is 13.3 Å². The smallest absolute Gasteiger partial charge is 0.320 e. The van der Waals surface area contributed by atoms with Crippen molar-refractivity contribution < 1.29 is 19.5 Å². The van der Waals surface area contributed by atoms with Crippen molar-refractivity contribution in [2.75, 3.05) is 33.7 Å². The summed E-state index contributed by atoms with van der Waals surface area (Å²) in [6, 6.07) is -0.316. The Labute approximate surface area is 106 Å². The number of rotatable bonds is 3. The molecule has 0 aromatic carbocycles. The van der Waals surface area contributed by atoms with E-state index in [-0.39, 0.29) is 25.0 Å². The number of carbonyl (C=O) groups excluding carboxylic acids is 2. The van der Waals surface area contributed by atoms with E-state index in [4.69, 9.17) is 5.11 Å². The van der Waals surface area contributed by atoms with Crippen LogP contribution in [0.25, 0.3) is 0 Å². The first kappa shape index (κ1) is 14.3. The molecule has 0 aromatic rings. The van der Waals surface area contributed by atoms with Crippen LogP contribution >= 0.6 is 0 Å². The Hall–Kier alpha value is -1.79. The molecule has 0 spiro atoms. The molecular formula is C11H19N3O4. The highest BCUT2D eigenvalue weighted by molar-refractivity contribution is 5.84. The first-order valence-corrected chi connectivity index (χ1v) is 5.74. The van der Waals surface area contributed by atoms with Gasteiger partial charge in [0, 0.05) is 27.2 Å². The maximum absolute atomic E-state index is 12.0. The van der Waals surface area contributed by atoms with E-state index in [2.05, 4.69) is 5.32 Å². The van der Waals surface area contributed by atoms with E-state index in [0.717, 1.165) is 0 Å². The molecule has 1 aliphatic rings. The largest absolute Gasteiger partial charge is 0.481 e. The molecule has 0 aliphatic carbocycles. The van der Waals surface area contributed by atoms with Crippen molar-refractivity contribution in [1.29, 1.82) is 0 Å². The Morgan fingerprint density at radius 1 is 1.44 bits per heavy atom. The van der Waals surface area contributed by atoms with Gasteiger partial charge < -0.3 is 20.2 Å². The maximum atomic E-state index is 12.0. The summed E-state index contributed by atoms with van der Waals surface area (Å²) in [6.45, 7) is 2.18. The van der Waals surface area contributed by atoms with E-state index in [1.807, 2.05) is 0 Å². The number of nitrogens with zero attached hydrogens (tertiary/aromatic N) is 2. The molecule has 1 saturated heterocycles. The third kappa shape index (κ3) is 2.91. The molecule has 0 saturated carbocycles. The molecule has 18 heavy (non-hydrogen) atoms. The number of amides is 3. The van der Waals surface area contributed by atoms with Gasteiger partial charge >= 0.3 is 12.0 Å². The molecule has 1 heterocycles. The van der Waals surface area contributed by atoms with Crippen molar-refractivity contribution in [1.82, 2.24) is 15.1 Å². The number of hydrogen-bond acceptors (Lipinski definition) is 3. The number of nitrogens with one attached hydrogen (secondary N) is 1. The molecule has 0 radical (unpaired) electrons. The van der Waals surface area contributed by atoms with Gasteiger partial charge in [0.15, 0.2) is 0 Å². The second-order valence-corrected chi connectivity index (χ2v) is 4.85. The van der Waals surface area contributed by atoms with Crippen LogP contribution in [-0.4, -0.2) is 66.5 Å². The fraction of sp³-hybridized carbons (Fsp3) is 0.727. The minimum Gasteiger partial charge on any atom is -0.481 e. The molecule has 3 amide bonds. The van der Waals surface area contributed by atoms with Crippen molar-refractivity contribution in [3.63, 3.8) is 0 Å². The van der Waals surface area contributed by atoms with Crippen LogP contribution in [0.5, 0.6) is 0 Å². The van der Waals surface area contributed by atoms with Crippen LogP contribution in [-0.2, 0) is 9.59 Å². The zero-order chi connectivity index (χ0) is 13.9. The molecule has 1 fully saturated rings. The van der Waals surface area contributed by atoms with Gasteiger partial charge in [-0.2, -0.15) is 0 Å². The van der Waals surface area contributed by atoms with Crippen molar-refractivity contribution >= 4 is 17.9 Å². The van der Waals surface area contributed by atoms with E-state index in [1.165, 1.54) is 23.9 Å². The van der Waals surface area contributed by atoms with E-state index in [9.17, 15) is 14.4 Å². The highest BCUT2D eigenvalue weighted by Gasteiger charge is 2.42. The summed E-state index contributed by atoms with van der Waals surface area (Å²) in [5, 5.41) is 11.5. The summed E-state index contributed by atoms with van der Waals surface area (Å²) >= 11 is 0. The number of carboxylic acids is 1. The third-order valence-corrected chi connectivity index (χ3v) is 3.25. The molecule has 7 nitrogen and oxygen atoms in total.